The van der Waals surface area contributed by atoms with Crippen LogP contribution in [0.5, 0.6) is 0 Å². The van der Waals surface area contributed by atoms with Crippen molar-refractivity contribution in [2.45, 2.75) is 38.0 Å². The average Bonchev–Trinajstić information content (AvgIpc) is 3.01. The van der Waals surface area contributed by atoms with Gasteiger partial charge < -0.3 is 4.90 Å². The summed E-state index contributed by atoms with van der Waals surface area (Å²) in [6, 6.07) is 4.80. The zero-order chi connectivity index (χ0) is 19.1. The van der Waals surface area contributed by atoms with Crippen LogP contribution in [-0.4, -0.2) is 42.3 Å². The molecule has 2 aliphatic heterocycles. The number of benzene rings is 1. The van der Waals surface area contributed by atoms with Gasteiger partial charge >= 0.3 is 0 Å². The fraction of sp³-hybridized carbons (Fsp3) is 0.529. The summed E-state index contributed by atoms with van der Waals surface area (Å²) < 4.78 is 24.2. The first-order chi connectivity index (χ1) is 12.3. The number of rotatable bonds is 4. The highest BCUT2D eigenvalue weighted by atomic mass is 35.5. The number of amidine groups is 1. The van der Waals surface area contributed by atoms with E-state index in [0.717, 1.165) is 0 Å². The van der Waals surface area contributed by atoms with Crippen LogP contribution in [0.15, 0.2) is 23.2 Å². The molecule has 0 N–H and O–H groups in total. The van der Waals surface area contributed by atoms with Gasteiger partial charge in [-0.15, -0.1) is 0 Å². The van der Waals surface area contributed by atoms with E-state index in [1.165, 1.54) is 11.8 Å². The molecule has 5 nitrogen and oxygen atoms in total. The summed E-state index contributed by atoms with van der Waals surface area (Å²) in [6.45, 7) is 3.91. The highest BCUT2D eigenvalue weighted by molar-refractivity contribution is 8.16. The molecule has 2 aliphatic rings. The van der Waals surface area contributed by atoms with Crippen LogP contribution in [0, 0.1) is 5.92 Å². The van der Waals surface area contributed by atoms with Crippen molar-refractivity contribution in [2.24, 2.45) is 10.9 Å². The number of fused-ring (bicyclic) bond motifs is 1. The van der Waals surface area contributed by atoms with Crippen LogP contribution in [0.25, 0.3) is 0 Å². The van der Waals surface area contributed by atoms with Crippen molar-refractivity contribution < 1.29 is 13.2 Å². The van der Waals surface area contributed by atoms with Crippen LogP contribution in [0.3, 0.4) is 0 Å². The van der Waals surface area contributed by atoms with E-state index in [9.17, 15) is 13.2 Å². The van der Waals surface area contributed by atoms with Crippen LogP contribution in [0.2, 0.25) is 10.0 Å². The molecule has 1 aromatic carbocycles. The molecule has 0 saturated carbocycles. The van der Waals surface area contributed by atoms with E-state index in [1.807, 2.05) is 13.8 Å². The predicted octanol–water partition coefficient (Wildman–Crippen LogP) is 4.03. The Bertz CT molecular complexity index is 833. The molecule has 0 spiro atoms. The minimum Gasteiger partial charge on any atom is -0.313 e. The number of amides is 1. The largest absolute Gasteiger partial charge is 0.313 e. The summed E-state index contributed by atoms with van der Waals surface area (Å²) in [4.78, 5) is 18.6. The molecule has 2 atom stereocenters. The molecule has 1 amide bonds. The number of hydrogen-bond donors (Lipinski definition) is 0. The van der Waals surface area contributed by atoms with Crippen molar-refractivity contribution in [3.63, 3.8) is 0 Å². The van der Waals surface area contributed by atoms with E-state index in [4.69, 9.17) is 23.2 Å². The Balaban J connectivity index is 2.06. The van der Waals surface area contributed by atoms with Gasteiger partial charge in [-0.3, -0.25) is 4.79 Å². The summed E-state index contributed by atoms with van der Waals surface area (Å²) in [5.41, 5.74) is 0.518. The summed E-state index contributed by atoms with van der Waals surface area (Å²) in [7, 11) is -3.14. The summed E-state index contributed by atoms with van der Waals surface area (Å²) in [5.74, 6) is -0.256. The van der Waals surface area contributed by atoms with Crippen molar-refractivity contribution in [1.82, 2.24) is 0 Å². The second-order valence-electron chi connectivity index (χ2n) is 6.49. The second-order valence-corrected chi connectivity index (χ2v) is 10.7. The maximum Gasteiger partial charge on any atom is 0.251 e. The minimum atomic E-state index is -3.14. The smallest absolute Gasteiger partial charge is 0.251 e. The molecule has 1 aromatic rings. The van der Waals surface area contributed by atoms with E-state index in [-0.39, 0.29) is 34.6 Å². The molecule has 2 fully saturated rings. The quantitative estimate of drug-likeness (QED) is 0.715. The number of para-hydroxylation sites is 1. The van der Waals surface area contributed by atoms with Gasteiger partial charge in [-0.05, 0) is 25.0 Å². The average molecular weight is 435 g/mol. The number of aliphatic imine (C=N–C) groups is 1. The highest BCUT2D eigenvalue weighted by Gasteiger charge is 2.50. The summed E-state index contributed by atoms with van der Waals surface area (Å²) in [6.07, 6.45) is 1.43. The molecular formula is C17H20Cl2N2O3S2. The second kappa shape index (κ2) is 7.70. The third-order valence-corrected chi connectivity index (χ3v) is 8.61. The van der Waals surface area contributed by atoms with Crippen LogP contribution in [0.4, 0.5) is 5.69 Å². The Kier molecular flexibility index (Phi) is 5.92. The highest BCUT2D eigenvalue weighted by Crippen LogP contribution is 2.45. The molecule has 0 radical (unpaired) electrons. The normalized spacial score (nSPS) is 25.9. The number of sulfone groups is 1. The zero-order valence-electron chi connectivity index (χ0n) is 14.5. The number of nitrogens with zero attached hydrogens (tertiary/aromatic N) is 2. The first-order valence-corrected chi connectivity index (χ1v) is 12.0. The molecule has 2 heterocycles. The molecule has 3 rings (SSSR count). The Hall–Kier alpha value is -0.760. The van der Waals surface area contributed by atoms with Gasteiger partial charge in [0.25, 0.3) is 5.91 Å². The van der Waals surface area contributed by atoms with Crippen molar-refractivity contribution in [3.8, 4) is 0 Å². The topological polar surface area (TPSA) is 66.8 Å². The minimum absolute atomic E-state index is 0.00438. The first kappa shape index (κ1) is 20.0. The van der Waals surface area contributed by atoms with Gasteiger partial charge in [0.1, 0.15) is 0 Å². The van der Waals surface area contributed by atoms with Crippen molar-refractivity contribution in [3.05, 3.63) is 28.2 Å². The molecule has 0 bridgehead atoms. The lowest BCUT2D eigenvalue weighted by Gasteiger charge is -2.26. The standard InChI is InChI=1S/C17H20Cl2N2O3S2/c1-3-10(4-2)16(22)20-17-21(15-11(18)6-5-7-12(15)19)13-8-26(23,24)9-14(13)25-17/h5-7,10,13-14H,3-4,8-9H2,1-2H3/t13-,14-/m1/s1. The fourth-order valence-corrected chi connectivity index (χ4v) is 7.85. The van der Waals surface area contributed by atoms with Gasteiger partial charge in [-0.1, -0.05) is 54.9 Å². The number of thioether (sulfide) groups is 1. The summed E-state index contributed by atoms with van der Waals surface area (Å²) in [5, 5.41) is 1.12. The first-order valence-electron chi connectivity index (χ1n) is 8.50. The predicted molar refractivity (Wildman–Crippen MR) is 109 cm³/mol. The number of carbonyl (C=O) groups is 1. The SMILES string of the molecule is CCC(CC)C(=O)N=C1S[C@@H]2CS(=O)(=O)C[C@H]2N1c1c(Cl)cccc1Cl. The van der Waals surface area contributed by atoms with Crippen LogP contribution < -0.4 is 4.90 Å². The lowest BCUT2D eigenvalue weighted by Crippen LogP contribution is -2.38. The Labute approximate surface area is 168 Å². The molecule has 142 valence electrons. The molecular weight excluding hydrogens is 415 g/mol. The number of anilines is 1. The van der Waals surface area contributed by atoms with Crippen molar-refractivity contribution in [1.29, 1.82) is 0 Å². The maximum atomic E-state index is 12.5. The van der Waals surface area contributed by atoms with Gasteiger partial charge in [0.05, 0.1) is 33.3 Å². The Morgan fingerprint density at radius 2 is 1.88 bits per heavy atom. The van der Waals surface area contributed by atoms with Gasteiger partial charge in [-0.2, -0.15) is 4.99 Å². The monoisotopic (exact) mass is 434 g/mol. The van der Waals surface area contributed by atoms with Gasteiger partial charge in [-0.25, -0.2) is 8.42 Å². The van der Waals surface area contributed by atoms with Crippen LogP contribution >= 0.6 is 35.0 Å². The number of carbonyl (C=O) groups excluding carboxylic acids is 1. The lowest BCUT2D eigenvalue weighted by molar-refractivity contribution is -0.121. The number of hydrogen-bond acceptors (Lipinski definition) is 4. The van der Waals surface area contributed by atoms with Crippen LogP contribution in [0.1, 0.15) is 26.7 Å². The van der Waals surface area contributed by atoms with Gasteiger partial charge in [0.15, 0.2) is 15.0 Å². The molecule has 26 heavy (non-hydrogen) atoms. The number of halogens is 2. The molecule has 2 saturated heterocycles. The maximum absolute atomic E-state index is 12.5. The fourth-order valence-electron chi connectivity index (χ4n) is 3.37. The summed E-state index contributed by atoms with van der Waals surface area (Å²) >= 11 is 14.1. The molecule has 0 unspecified atom stereocenters. The Morgan fingerprint density at radius 1 is 1.27 bits per heavy atom. The molecule has 0 aliphatic carbocycles. The van der Waals surface area contributed by atoms with Crippen LogP contribution in [-0.2, 0) is 14.6 Å². The molecule has 9 heteroatoms. The van der Waals surface area contributed by atoms with E-state index in [2.05, 4.69) is 4.99 Å². The van der Waals surface area contributed by atoms with Crippen molar-refractivity contribution >= 4 is 61.6 Å². The van der Waals surface area contributed by atoms with E-state index >= 15 is 0 Å². The van der Waals surface area contributed by atoms with E-state index < -0.39 is 9.84 Å². The third kappa shape index (κ3) is 3.77. The zero-order valence-corrected chi connectivity index (χ0v) is 17.6. The Morgan fingerprint density at radius 3 is 2.46 bits per heavy atom. The van der Waals surface area contributed by atoms with Gasteiger partial charge in [0, 0.05) is 11.2 Å². The van der Waals surface area contributed by atoms with Crippen molar-refractivity contribution in [2.75, 3.05) is 16.4 Å². The lowest BCUT2D eigenvalue weighted by atomic mass is 10.0. The van der Waals surface area contributed by atoms with E-state index in [0.29, 0.717) is 33.7 Å². The molecule has 0 aromatic heterocycles. The van der Waals surface area contributed by atoms with Gasteiger partial charge in [0.2, 0.25) is 0 Å². The van der Waals surface area contributed by atoms with E-state index in [1.54, 1.807) is 23.1 Å². The third-order valence-electron chi connectivity index (χ3n) is 4.79.